The Hall–Kier alpha value is -6.94. The normalized spacial score (nSPS) is 11.6. The van der Waals surface area contributed by atoms with E-state index in [9.17, 15) is 0 Å². The molecule has 0 fully saturated rings. The molecule has 0 aliphatic rings. The van der Waals surface area contributed by atoms with Crippen molar-refractivity contribution in [3.05, 3.63) is 200 Å². The zero-order valence-electron chi connectivity index (χ0n) is 29.8. The molecule has 11 rings (SSSR count). The van der Waals surface area contributed by atoms with Crippen molar-refractivity contribution in [2.45, 2.75) is 0 Å². The summed E-state index contributed by atoms with van der Waals surface area (Å²) in [5, 5.41) is 7.18. The van der Waals surface area contributed by atoms with E-state index in [2.05, 4.69) is 193 Å². The van der Waals surface area contributed by atoms with Crippen molar-refractivity contribution in [1.82, 2.24) is 0 Å². The van der Waals surface area contributed by atoms with Gasteiger partial charge in [0.05, 0.1) is 11.4 Å². The largest absolute Gasteiger partial charge is 0.456 e. The Balaban J connectivity index is 1.22. The molecule has 0 aliphatic heterocycles. The van der Waals surface area contributed by atoms with Crippen molar-refractivity contribution < 1.29 is 4.42 Å². The van der Waals surface area contributed by atoms with Gasteiger partial charge in [-0.15, -0.1) is 11.3 Å². The fourth-order valence-corrected chi connectivity index (χ4v) is 9.40. The first-order valence-electron chi connectivity index (χ1n) is 18.7. The zero-order chi connectivity index (χ0) is 36.3. The van der Waals surface area contributed by atoms with E-state index in [1.807, 2.05) is 23.5 Å². The molecule has 0 atom stereocenters. The molecule has 55 heavy (non-hydrogen) atoms. The highest BCUT2D eigenvalue weighted by molar-refractivity contribution is 7.25. The average molecular weight is 720 g/mol. The number of anilines is 3. The molecule has 0 unspecified atom stereocenters. The van der Waals surface area contributed by atoms with E-state index in [4.69, 9.17) is 4.42 Å². The topological polar surface area (TPSA) is 16.4 Å². The first-order chi connectivity index (χ1) is 27.3. The predicted molar refractivity (Wildman–Crippen MR) is 235 cm³/mol. The van der Waals surface area contributed by atoms with Gasteiger partial charge in [-0.25, -0.2) is 0 Å². The standard InChI is InChI=1S/C52H33NOS/c1-2-13-34(14-3-1)36-17-10-18-38(31-36)52-41(37-27-30-51-45(32-37)44-21-7-9-26-50(44)55-51)22-12-24-47(52)53(46-23-11-16-35-15-4-5-19-40(35)46)39-28-29-43-42-20-6-8-25-48(42)54-49(43)33-39/h1-33H. The van der Waals surface area contributed by atoms with E-state index in [0.717, 1.165) is 50.1 Å². The van der Waals surface area contributed by atoms with Gasteiger partial charge in [0, 0.05) is 53.6 Å². The summed E-state index contributed by atoms with van der Waals surface area (Å²) in [5.41, 5.74) is 12.0. The van der Waals surface area contributed by atoms with E-state index in [1.54, 1.807) is 0 Å². The minimum absolute atomic E-state index is 0.863. The highest BCUT2D eigenvalue weighted by Crippen LogP contribution is 2.49. The van der Waals surface area contributed by atoms with E-state index in [-0.39, 0.29) is 0 Å². The fourth-order valence-electron chi connectivity index (χ4n) is 8.31. The SMILES string of the molecule is c1ccc(-c2cccc(-c3c(-c4ccc5sc6ccccc6c5c4)cccc3N(c3ccc4c(c3)oc3ccccc34)c3cccc4ccccc34)c2)cc1. The highest BCUT2D eigenvalue weighted by Gasteiger charge is 2.24. The summed E-state index contributed by atoms with van der Waals surface area (Å²) in [7, 11) is 0. The zero-order valence-corrected chi connectivity index (χ0v) is 30.6. The summed E-state index contributed by atoms with van der Waals surface area (Å²) >= 11 is 1.85. The van der Waals surface area contributed by atoms with Crippen LogP contribution in [0.25, 0.3) is 86.3 Å². The molecule has 258 valence electrons. The molecule has 0 radical (unpaired) electrons. The Labute approximate surface area is 322 Å². The summed E-state index contributed by atoms with van der Waals surface area (Å²) in [6.45, 7) is 0. The first kappa shape index (κ1) is 31.6. The van der Waals surface area contributed by atoms with Crippen molar-refractivity contribution >= 4 is 81.3 Å². The minimum Gasteiger partial charge on any atom is -0.456 e. The molecule has 0 bridgehead atoms. The van der Waals surface area contributed by atoms with Gasteiger partial charge in [0.25, 0.3) is 0 Å². The molecule has 0 amide bonds. The monoisotopic (exact) mass is 719 g/mol. The van der Waals surface area contributed by atoms with Gasteiger partial charge in [-0.05, 0) is 87.8 Å². The van der Waals surface area contributed by atoms with Crippen LogP contribution in [0.3, 0.4) is 0 Å². The third kappa shape index (κ3) is 5.32. The average Bonchev–Trinajstić information content (AvgIpc) is 3.82. The molecule has 2 nitrogen and oxygen atoms in total. The van der Waals surface area contributed by atoms with Crippen LogP contribution in [-0.2, 0) is 0 Å². The van der Waals surface area contributed by atoms with E-state index in [0.29, 0.717) is 0 Å². The third-order valence-electron chi connectivity index (χ3n) is 10.9. The van der Waals surface area contributed by atoms with Crippen molar-refractivity contribution in [3.8, 4) is 33.4 Å². The Bertz CT molecular complexity index is 3220. The number of fused-ring (bicyclic) bond motifs is 7. The maximum absolute atomic E-state index is 6.52. The van der Waals surface area contributed by atoms with Crippen LogP contribution in [0.1, 0.15) is 0 Å². The van der Waals surface area contributed by atoms with Crippen LogP contribution in [0.15, 0.2) is 205 Å². The second kappa shape index (κ2) is 12.9. The van der Waals surface area contributed by atoms with Crippen LogP contribution in [0.4, 0.5) is 17.1 Å². The number of benzene rings is 9. The number of para-hydroxylation sites is 1. The number of hydrogen-bond acceptors (Lipinski definition) is 3. The second-order valence-electron chi connectivity index (χ2n) is 14.1. The lowest BCUT2D eigenvalue weighted by Crippen LogP contribution is -2.12. The van der Waals surface area contributed by atoms with Gasteiger partial charge in [-0.3, -0.25) is 0 Å². The Morgan fingerprint density at radius 2 is 1.04 bits per heavy atom. The smallest absolute Gasteiger partial charge is 0.137 e. The van der Waals surface area contributed by atoms with Crippen LogP contribution in [0.5, 0.6) is 0 Å². The second-order valence-corrected chi connectivity index (χ2v) is 15.2. The van der Waals surface area contributed by atoms with Crippen molar-refractivity contribution in [2.75, 3.05) is 4.90 Å². The minimum atomic E-state index is 0.863. The number of thiophene rings is 1. The predicted octanol–water partition coefficient (Wildman–Crippen LogP) is 15.6. The molecular formula is C52H33NOS. The molecule has 3 heteroatoms. The lowest BCUT2D eigenvalue weighted by molar-refractivity contribution is 0.669. The van der Waals surface area contributed by atoms with Crippen LogP contribution >= 0.6 is 11.3 Å². The fraction of sp³-hybridized carbons (Fsp3) is 0. The van der Waals surface area contributed by atoms with Crippen molar-refractivity contribution in [3.63, 3.8) is 0 Å². The first-order valence-corrected chi connectivity index (χ1v) is 19.5. The van der Waals surface area contributed by atoms with Gasteiger partial charge in [-0.2, -0.15) is 0 Å². The summed E-state index contributed by atoms with van der Waals surface area (Å²) in [5.74, 6) is 0. The lowest BCUT2D eigenvalue weighted by Gasteiger charge is -2.30. The van der Waals surface area contributed by atoms with Gasteiger partial charge in [0.2, 0.25) is 0 Å². The summed E-state index contributed by atoms with van der Waals surface area (Å²) in [6.07, 6.45) is 0. The summed E-state index contributed by atoms with van der Waals surface area (Å²) < 4.78 is 9.12. The maximum atomic E-state index is 6.52. The molecule has 0 saturated carbocycles. The van der Waals surface area contributed by atoms with Gasteiger partial charge in [0.15, 0.2) is 0 Å². The van der Waals surface area contributed by atoms with Crippen LogP contribution < -0.4 is 4.90 Å². The molecule has 11 aromatic rings. The van der Waals surface area contributed by atoms with Gasteiger partial charge in [-0.1, -0.05) is 140 Å². The van der Waals surface area contributed by atoms with Gasteiger partial charge >= 0.3 is 0 Å². The Morgan fingerprint density at radius 1 is 0.364 bits per heavy atom. The Morgan fingerprint density at radius 3 is 1.96 bits per heavy atom. The maximum Gasteiger partial charge on any atom is 0.137 e. The molecule has 2 heterocycles. The summed E-state index contributed by atoms with van der Waals surface area (Å²) in [4.78, 5) is 2.43. The third-order valence-corrected chi connectivity index (χ3v) is 12.0. The van der Waals surface area contributed by atoms with Crippen molar-refractivity contribution in [2.24, 2.45) is 0 Å². The number of nitrogens with zero attached hydrogens (tertiary/aromatic N) is 1. The van der Waals surface area contributed by atoms with E-state index < -0.39 is 0 Å². The molecule has 0 spiro atoms. The van der Waals surface area contributed by atoms with Crippen molar-refractivity contribution in [1.29, 1.82) is 0 Å². The summed E-state index contributed by atoms with van der Waals surface area (Å²) in [6, 6.07) is 72.4. The lowest BCUT2D eigenvalue weighted by atomic mass is 9.90. The van der Waals surface area contributed by atoms with E-state index >= 15 is 0 Å². The Kier molecular flexibility index (Phi) is 7.39. The quantitative estimate of drug-likeness (QED) is 0.170. The van der Waals surface area contributed by atoms with Crippen LogP contribution in [0, 0.1) is 0 Å². The molecule has 2 aromatic heterocycles. The molecule has 0 aliphatic carbocycles. The molecule has 0 saturated heterocycles. The van der Waals surface area contributed by atoms with Gasteiger partial charge in [0.1, 0.15) is 11.2 Å². The van der Waals surface area contributed by atoms with Crippen LogP contribution in [0.2, 0.25) is 0 Å². The molecule has 9 aromatic carbocycles. The number of hydrogen-bond donors (Lipinski definition) is 0. The van der Waals surface area contributed by atoms with Gasteiger partial charge < -0.3 is 9.32 Å². The van der Waals surface area contributed by atoms with Crippen LogP contribution in [-0.4, -0.2) is 0 Å². The number of furan rings is 1. The van der Waals surface area contributed by atoms with E-state index in [1.165, 1.54) is 53.2 Å². The molecule has 0 N–H and O–H groups in total. The number of rotatable bonds is 6. The highest BCUT2D eigenvalue weighted by atomic mass is 32.1. The molecular weight excluding hydrogens is 687 g/mol.